The van der Waals surface area contributed by atoms with Crippen molar-refractivity contribution in [1.82, 2.24) is 0 Å². The van der Waals surface area contributed by atoms with Gasteiger partial charge in [0.05, 0.1) is 11.4 Å². The van der Waals surface area contributed by atoms with E-state index in [9.17, 15) is 27.2 Å². The number of ether oxygens (including phenoxy) is 2. The predicted octanol–water partition coefficient (Wildman–Crippen LogP) is 3.89. The maximum absolute atomic E-state index is 12.6. The normalized spacial score (nSPS) is 13.6. The third-order valence-corrected chi connectivity index (χ3v) is 3.87. The highest BCUT2D eigenvalue weighted by atomic mass is 19.3. The molecular weight excluding hydrogens is 396 g/mol. The molecule has 152 valence electrons. The van der Waals surface area contributed by atoms with Gasteiger partial charge in [-0.2, -0.15) is 17.6 Å². The third-order valence-electron chi connectivity index (χ3n) is 3.87. The number of benzene rings is 2. The number of carbonyl (C=O) groups is 2. The van der Waals surface area contributed by atoms with E-state index in [0.29, 0.717) is 11.4 Å². The van der Waals surface area contributed by atoms with E-state index in [-0.39, 0.29) is 23.8 Å². The van der Waals surface area contributed by atoms with Crippen LogP contribution in [0.4, 0.5) is 28.9 Å². The van der Waals surface area contributed by atoms with Crippen molar-refractivity contribution >= 4 is 29.3 Å². The summed E-state index contributed by atoms with van der Waals surface area (Å²) in [5, 5.41) is 2.64. The lowest BCUT2D eigenvalue weighted by Gasteiger charge is -2.28. The molecule has 2 aromatic carbocycles. The van der Waals surface area contributed by atoms with Gasteiger partial charge in [-0.1, -0.05) is 12.1 Å². The van der Waals surface area contributed by atoms with Crippen LogP contribution in [0.25, 0.3) is 6.08 Å². The molecule has 1 aliphatic rings. The fourth-order valence-electron chi connectivity index (χ4n) is 2.71. The SMILES string of the molecule is O=C1CN(C(=O)/C=C/c2ccc(OC(F)F)cc2OC(F)F)c2ccccc2N1. The average molecular weight is 410 g/mol. The number of rotatable bonds is 6. The van der Waals surface area contributed by atoms with Gasteiger partial charge in [-0.15, -0.1) is 0 Å². The minimum absolute atomic E-state index is 0.0370. The average Bonchev–Trinajstić information content (AvgIpc) is 2.65. The first-order valence-corrected chi connectivity index (χ1v) is 8.25. The maximum Gasteiger partial charge on any atom is 0.387 e. The summed E-state index contributed by atoms with van der Waals surface area (Å²) in [5.41, 5.74) is 0.974. The number of alkyl halides is 4. The number of amides is 2. The van der Waals surface area contributed by atoms with Crippen molar-refractivity contribution in [3.8, 4) is 11.5 Å². The smallest absolute Gasteiger partial charge is 0.387 e. The van der Waals surface area contributed by atoms with Crippen molar-refractivity contribution < 1.29 is 36.6 Å². The standard InChI is InChI=1S/C19H14F4N2O4/c20-18(21)28-12-7-5-11(15(9-12)29-19(22)23)6-8-17(27)25-10-16(26)24-13-3-1-2-4-14(13)25/h1-9,18-19H,10H2,(H,24,26)/b8-6+. The molecule has 0 bridgehead atoms. The van der Waals surface area contributed by atoms with Gasteiger partial charge >= 0.3 is 13.2 Å². The van der Waals surface area contributed by atoms with Crippen molar-refractivity contribution in [3.05, 3.63) is 54.1 Å². The lowest BCUT2D eigenvalue weighted by atomic mass is 10.1. The Morgan fingerprint density at radius 3 is 2.52 bits per heavy atom. The van der Waals surface area contributed by atoms with Crippen LogP contribution in [0.1, 0.15) is 5.56 Å². The van der Waals surface area contributed by atoms with E-state index < -0.39 is 24.9 Å². The summed E-state index contributed by atoms with van der Waals surface area (Å²) >= 11 is 0. The Labute approximate surface area is 162 Å². The number of fused-ring (bicyclic) bond motifs is 1. The lowest BCUT2D eigenvalue weighted by molar-refractivity contribution is -0.119. The molecule has 0 aromatic heterocycles. The molecule has 0 fully saturated rings. The van der Waals surface area contributed by atoms with Crippen LogP contribution >= 0.6 is 0 Å². The number of nitrogens with one attached hydrogen (secondary N) is 1. The maximum atomic E-state index is 12.6. The van der Waals surface area contributed by atoms with Gasteiger partial charge in [0.2, 0.25) is 5.91 Å². The monoisotopic (exact) mass is 410 g/mol. The summed E-state index contributed by atoms with van der Waals surface area (Å²) in [5.74, 6) is -1.79. The van der Waals surface area contributed by atoms with Crippen LogP contribution in [-0.2, 0) is 9.59 Å². The van der Waals surface area contributed by atoms with Gasteiger partial charge < -0.3 is 14.8 Å². The van der Waals surface area contributed by atoms with Crippen LogP contribution < -0.4 is 19.7 Å². The first-order valence-electron chi connectivity index (χ1n) is 8.25. The van der Waals surface area contributed by atoms with E-state index in [1.807, 2.05) is 0 Å². The van der Waals surface area contributed by atoms with Crippen LogP contribution in [0.5, 0.6) is 11.5 Å². The first kappa shape index (κ1) is 20.2. The molecule has 0 spiro atoms. The molecule has 29 heavy (non-hydrogen) atoms. The van der Waals surface area contributed by atoms with Crippen LogP contribution in [0, 0.1) is 0 Å². The van der Waals surface area contributed by atoms with Gasteiger partial charge in [0.15, 0.2) is 0 Å². The Kier molecular flexibility index (Phi) is 6.01. The van der Waals surface area contributed by atoms with Crippen molar-refractivity contribution in [3.63, 3.8) is 0 Å². The zero-order valence-electron chi connectivity index (χ0n) is 14.7. The van der Waals surface area contributed by atoms with Gasteiger partial charge in [0.25, 0.3) is 5.91 Å². The van der Waals surface area contributed by atoms with E-state index in [2.05, 4.69) is 14.8 Å². The van der Waals surface area contributed by atoms with E-state index in [1.54, 1.807) is 24.3 Å². The molecule has 0 saturated carbocycles. The third kappa shape index (κ3) is 5.03. The fourth-order valence-corrected chi connectivity index (χ4v) is 2.71. The minimum atomic E-state index is -3.21. The second kappa shape index (κ2) is 8.63. The molecule has 0 radical (unpaired) electrons. The summed E-state index contributed by atoms with van der Waals surface area (Å²) < 4.78 is 58.4. The Bertz CT molecular complexity index is 950. The summed E-state index contributed by atoms with van der Waals surface area (Å²) in [6.45, 7) is -6.57. The number of hydrogen-bond donors (Lipinski definition) is 1. The number of halogens is 4. The zero-order chi connectivity index (χ0) is 21.0. The highest BCUT2D eigenvalue weighted by Crippen LogP contribution is 2.31. The lowest BCUT2D eigenvalue weighted by Crippen LogP contribution is -2.41. The van der Waals surface area contributed by atoms with Gasteiger partial charge in [-0.25, -0.2) is 0 Å². The van der Waals surface area contributed by atoms with E-state index in [1.165, 1.54) is 17.0 Å². The highest BCUT2D eigenvalue weighted by molar-refractivity contribution is 6.13. The van der Waals surface area contributed by atoms with Crippen molar-refractivity contribution in [2.45, 2.75) is 13.2 Å². The second-order valence-electron chi connectivity index (χ2n) is 5.78. The number of para-hydroxylation sites is 2. The second-order valence-corrected chi connectivity index (χ2v) is 5.78. The first-order chi connectivity index (χ1) is 13.8. The molecule has 0 atom stereocenters. The molecule has 2 amide bonds. The summed E-state index contributed by atoms with van der Waals surface area (Å²) in [6.07, 6.45) is 2.25. The molecule has 6 nitrogen and oxygen atoms in total. The summed E-state index contributed by atoms with van der Waals surface area (Å²) in [6, 6.07) is 9.84. The molecule has 1 N–H and O–H groups in total. The molecule has 1 aliphatic heterocycles. The van der Waals surface area contributed by atoms with E-state index in [0.717, 1.165) is 18.2 Å². The topological polar surface area (TPSA) is 67.9 Å². The number of anilines is 2. The van der Waals surface area contributed by atoms with Crippen molar-refractivity contribution in [2.75, 3.05) is 16.8 Å². The summed E-state index contributed by atoms with van der Waals surface area (Å²) in [4.78, 5) is 25.6. The Balaban J connectivity index is 1.85. The molecule has 0 unspecified atom stereocenters. The number of nitrogens with zero attached hydrogens (tertiary/aromatic N) is 1. The zero-order valence-corrected chi connectivity index (χ0v) is 14.7. The van der Waals surface area contributed by atoms with Crippen LogP contribution in [0.3, 0.4) is 0 Å². The highest BCUT2D eigenvalue weighted by Gasteiger charge is 2.25. The van der Waals surface area contributed by atoms with Gasteiger partial charge in [-0.3, -0.25) is 14.5 Å². The molecule has 2 aromatic rings. The molecule has 0 saturated heterocycles. The van der Waals surface area contributed by atoms with Gasteiger partial charge in [0.1, 0.15) is 18.0 Å². The largest absolute Gasteiger partial charge is 0.435 e. The molecule has 3 rings (SSSR count). The van der Waals surface area contributed by atoms with Crippen LogP contribution in [0.15, 0.2) is 48.5 Å². The molecule has 0 aliphatic carbocycles. The van der Waals surface area contributed by atoms with E-state index in [4.69, 9.17) is 0 Å². The minimum Gasteiger partial charge on any atom is -0.435 e. The molecule has 10 heteroatoms. The fraction of sp³-hybridized carbons (Fsp3) is 0.158. The Morgan fingerprint density at radius 1 is 1.07 bits per heavy atom. The van der Waals surface area contributed by atoms with Crippen molar-refractivity contribution in [1.29, 1.82) is 0 Å². The van der Waals surface area contributed by atoms with Crippen LogP contribution in [-0.4, -0.2) is 31.6 Å². The van der Waals surface area contributed by atoms with Gasteiger partial charge in [-0.05, 0) is 30.3 Å². The number of carbonyl (C=O) groups excluding carboxylic acids is 2. The quantitative estimate of drug-likeness (QED) is 0.580. The van der Waals surface area contributed by atoms with Crippen LogP contribution in [0.2, 0.25) is 0 Å². The molecule has 1 heterocycles. The van der Waals surface area contributed by atoms with Crippen molar-refractivity contribution in [2.24, 2.45) is 0 Å². The van der Waals surface area contributed by atoms with E-state index >= 15 is 0 Å². The Hall–Kier alpha value is -3.56. The van der Waals surface area contributed by atoms with Gasteiger partial charge in [0, 0.05) is 17.7 Å². The summed E-state index contributed by atoms with van der Waals surface area (Å²) in [7, 11) is 0. The Morgan fingerprint density at radius 2 is 1.79 bits per heavy atom. The molecular formula is C19H14F4N2O4. The predicted molar refractivity (Wildman–Crippen MR) is 96.2 cm³/mol. The number of hydrogen-bond acceptors (Lipinski definition) is 4.